The summed E-state index contributed by atoms with van der Waals surface area (Å²) in [6.45, 7) is 4.55. The van der Waals surface area contributed by atoms with Crippen molar-refractivity contribution in [1.29, 1.82) is 0 Å². The first-order chi connectivity index (χ1) is 13.8. The summed E-state index contributed by atoms with van der Waals surface area (Å²) < 4.78 is 0. The Morgan fingerprint density at radius 3 is 2.32 bits per heavy atom. The Labute approximate surface area is 170 Å². The molecule has 0 unspecified atom stereocenters. The van der Waals surface area contributed by atoms with E-state index in [1.807, 2.05) is 0 Å². The Bertz CT molecular complexity index is 907. The highest BCUT2D eigenvalue weighted by Crippen LogP contribution is 2.23. The van der Waals surface area contributed by atoms with Crippen LogP contribution in [-0.2, 0) is 12.8 Å². The van der Waals surface area contributed by atoms with Gasteiger partial charge in [-0.05, 0) is 60.6 Å². The molecule has 146 valence electrons. The first-order valence-corrected chi connectivity index (χ1v) is 11.0. The van der Waals surface area contributed by atoms with Crippen LogP contribution >= 0.6 is 0 Å². The van der Waals surface area contributed by atoms with Crippen LogP contribution in [0.15, 0.2) is 54.6 Å². The van der Waals surface area contributed by atoms with Gasteiger partial charge in [-0.2, -0.15) is 0 Å². The number of hydrogen-bond donors (Lipinski definition) is 0. The third kappa shape index (κ3) is 5.55. The maximum atomic E-state index is 4.79. The van der Waals surface area contributed by atoms with E-state index in [1.165, 1.54) is 67.9 Å². The Hall–Kier alpha value is -2.41. The molecule has 2 aromatic carbocycles. The molecular formula is C27H33N. The van der Waals surface area contributed by atoms with Crippen LogP contribution in [0.25, 0.3) is 23.1 Å². The molecule has 0 fully saturated rings. The lowest BCUT2D eigenvalue weighted by Crippen LogP contribution is -1.98. The topological polar surface area (TPSA) is 12.9 Å². The van der Waals surface area contributed by atoms with Crippen molar-refractivity contribution in [2.24, 2.45) is 0 Å². The van der Waals surface area contributed by atoms with Gasteiger partial charge in [-0.25, -0.2) is 4.98 Å². The molecule has 0 radical (unpaired) electrons. The second-order valence-electron chi connectivity index (χ2n) is 7.66. The van der Waals surface area contributed by atoms with Crippen molar-refractivity contribution in [3.63, 3.8) is 0 Å². The lowest BCUT2D eigenvalue weighted by Gasteiger charge is -2.13. The van der Waals surface area contributed by atoms with Crippen LogP contribution in [0.4, 0.5) is 0 Å². The van der Waals surface area contributed by atoms with Crippen LogP contribution in [0.3, 0.4) is 0 Å². The van der Waals surface area contributed by atoms with Crippen molar-refractivity contribution >= 4 is 23.1 Å². The monoisotopic (exact) mass is 371 g/mol. The Balaban J connectivity index is 1.85. The largest absolute Gasteiger partial charge is 0.248 e. The van der Waals surface area contributed by atoms with Crippen LogP contribution in [0.5, 0.6) is 0 Å². The van der Waals surface area contributed by atoms with E-state index >= 15 is 0 Å². The third-order valence-corrected chi connectivity index (χ3v) is 5.44. The predicted molar refractivity (Wildman–Crippen MR) is 124 cm³/mol. The zero-order chi connectivity index (χ0) is 19.6. The first kappa shape index (κ1) is 20.3. The van der Waals surface area contributed by atoms with Crippen molar-refractivity contribution < 1.29 is 0 Å². The standard InChI is InChI=1S/C27H33N/c1-3-5-7-12-22-14-11-15-23(26(22)16-8-6-4-2)18-20-25-21-19-24-13-9-10-17-27(24)28-25/h9-11,13-15,17-21H,3-8,12,16H2,1-2H3/b20-18+. The number of para-hydroxylation sites is 1. The van der Waals surface area contributed by atoms with Crippen LogP contribution in [0.1, 0.15) is 74.8 Å². The molecule has 0 saturated heterocycles. The average Bonchev–Trinajstić information content (AvgIpc) is 2.73. The van der Waals surface area contributed by atoms with Crippen molar-refractivity contribution in [1.82, 2.24) is 4.98 Å². The molecule has 0 saturated carbocycles. The maximum absolute atomic E-state index is 4.79. The minimum absolute atomic E-state index is 1.02. The molecule has 0 spiro atoms. The van der Waals surface area contributed by atoms with Crippen molar-refractivity contribution in [3.8, 4) is 0 Å². The van der Waals surface area contributed by atoms with Gasteiger partial charge in [-0.1, -0.05) is 88.1 Å². The van der Waals surface area contributed by atoms with Gasteiger partial charge in [0.25, 0.3) is 0 Å². The van der Waals surface area contributed by atoms with Gasteiger partial charge in [0.2, 0.25) is 0 Å². The van der Waals surface area contributed by atoms with Crippen LogP contribution in [-0.4, -0.2) is 4.98 Å². The number of aromatic nitrogens is 1. The van der Waals surface area contributed by atoms with Gasteiger partial charge in [0.1, 0.15) is 0 Å². The molecular weight excluding hydrogens is 338 g/mol. The number of aryl methyl sites for hydroxylation is 1. The molecule has 3 rings (SSSR count). The van der Waals surface area contributed by atoms with E-state index in [2.05, 4.69) is 80.6 Å². The van der Waals surface area contributed by atoms with Crippen LogP contribution < -0.4 is 0 Å². The fourth-order valence-corrected chi connectivity index (χ4v) is 3.82. The molecule has 28 heavy (non-hydrogen) atoms. The van der Waals surface area contributed by atoms with Crippen molar-refractivity contribution in [2.75, 3.05) is 0 Å². The smallest absolute Gasteiger partial charge is 0.0709 e. The SMILES string of the molecule is CCCCCc1cccc(/C=C/c2ccc3ccccc3n2)c1CCCCC. The quantitative estimate of drug-likeness (QED) is 0.330. The van der Waals surface area contributed by atoms with E-state index in [-0.39, 0.29) is 0 Å². The molecule has 0 aliphatic carbocycles. The lowest BCUT2D eigenvalue weighted by atomic mass is 9.92. The van der Waals surface area contributed by atoms with Crippen molar-refractivity contribution in [3.05, 3.63) is 77.0 Å². The zero-order valence-corrected chi connectivity index (χ0v) is 17.5. The molecule has 0 bridgehead atoms. The number of unbranched alkanes of at least 4 members (excludes halogenated alkanes) is 4. The van der Waals surface area contributed by atoms with Gasteiger partial charge in [-0.3, -0.25) is 0 Å². The van der Waals surface area contributed by atoms with E-state index < -0.39 is 0 Å². The first-order valence-electron chi connectivity index (χ1n) is 11.0. The number of hydrogen-bond acceptors (Lipinski definition) is 1. The summed E-state index contributed by atoms with van der Waals surface area (Å²) in [6.07, 6.45) is 14.5. The van der Waals surface area contributed by atoms with Gasteiger partial charge in [0.15, 0.2) is 0 Å². The number of nitrogens with zero attached hydrogens (tertiary/aromatic N) is 1. The maximum Gasteiger partial charge on any atom is 0.0709 e. The fourth-order valence-electron chi connectivity index (χ4n) is 3.82. The summed E-state index contributed by atoms with van der Waals surface area (Å²) in [5, 5.41) is 1.19. The highest BCUT2D eigenvalue weighted by molar-refractivity contribution is 5.81. The summed E-state index contributed by atoms with van der Waals surface area (Å²) in [5.74, 6) is 0. The van der Waals surface area contributed by atoms with Gasteiger partial charge in [-0.15, -0.1) is 0 Å². The number of fused-ring (bicyclic) bond motifs is 1. The van der Waals surface area contributed by atoms with E-state index in [0.717, 1.165) is 11.2 Å². The Morgan fingerprint density at radius 2 is 1.50 bits per heavy atom. The summed E-state index contributed by atoms with van der Waals surface area (Å²) in [5.41, 5.74) is 6.53. The summed E-state index contributed by atoms with van der Waals surface area (Å²) in [6, 6.07) is 19.4. The van der Waals surface area contributed by atoms with Gasteiger partial charge < -0.3 is 0 Å². The van der Waals surface area contributed by atoms with E-state index in [1.54, 1.807) is 5.56 Å². The normalized spacial score (nSPS) is 11.5. The molecule has 0 aliphatic heterocycles. The molecule has 0 amide bonds. The van der Waals surface area contributed by atoms with E-state index in [4.69, 9.17) is 4.98 Å². The molecule has 0 atom stereocenters. The summed E-state index contributed by atoms with van der Waals surface area (Å²) >= 11 is 0. The molecule has 1 heteroatoms. The summed E-state index contributed by atoms with van der Waals surface area (Å²) in [4.78, 5) is 4.79. The molecule has 1 aromatic heterocycles. The van der Waals surface area contributed by atoms with Crippen LogP contribution in [0, 0.1) is 0 Å². The van der Waals surface area contributed by atoms with Crippen LogP contribution in [0.2, 0.25) is 0 Å². The molecule has 1 nitrogen and oxygen atoms in total. The number of rotatable bonds is 10. The highest BCUT2D eigenvalue weighted by atomic mass is 14.7. The molecule has 1 heterocycles. The average molecular weight is 372 g/mol. The highest BCUT2D eigenvalue weighted by Gasteiger charge is 2.07. The minimum Gasteiger partial charge on any atom is -0.248 e. The zero-order valence-electron chi connectivity index (χ0n) is 17.5. The summed E-state index contributed by atoms with van der Waals surface area (Å²) in [7, 11) is 0. The molecule has 0 N–H and O–H groups in total. The van der Waals surface area contributed by atoms with Crippen molar-refractivity contribution in [2.45, 2.75) is 65.2 Å². The minimum atomic E-state index is 1.02. The Kier molecular flexibility index (Phi) is 7.84. The molecule has 0 aliphatic rings. The van der Waals surface area contributed by atoms with Gasteiger partial charge >= 0.3 is 0 Å². The lowest BCUT2D eigenvalue weighted by molar-refractivity contribution is 0.693. The van der Waals surface area contributed by atoms with Gasteiger partial charge in [0.05, 0.1) is 11.2 Å². The number of pyridine rings is 1. The second kappa shape index (κ2) is 10.8. The predicted octanol–water partition coefficient (Wildman–Crippen LogP) is 7.87. The van der Waals surface area contributed by atoms with E-state index in [9.17, 15) is 0 Å². The number of benzene rings is 2. The Morgan fingerprint density at radius 1 is 0.714 bits per heavy atom. The van der Waals surface area contributed by atoms with Gasteiger partial charge in [0, 0.05) is 5.39 Å². The molecule has 3 aromatic rings. The fraction of sp³-hybridized carbons (Fsp3) is 0.370. The third-order valence-electron chi connectivity index (χ3n) is 5.44. The van der Waals surface area contributed by atoms with E-state index in [0.29, 0.717) is 0 Å². The second-order valence-corrected chi connectivity index (χ2v) is 7.66.